The Balaban J connectivity index is 1.73. The summed E-state index contributed by atoms with van der Waals surface area (Å²) < 4.78 is 5.05. The van der Waals surface area contributed by atoms with Gasteiger partial charge in [0.05, 0.1) is 18.8 Å². The van der Waals surface area contributed by atoms with Gasteiger partial charge in [-0.3, -0.25) is 4.79 Å². The maximum absolute atomic E-state index is 12.0. The molecular formula is C18H14ClN3O2. The minimum atomic E-state index is -0.321. The van der Waals surface area contributed by atoms with Gasteiger partial charge in [-0.1, -0.05) is 29.8 Å². The van der Waals surface area contributed by atoms with Gasteiger partial charge < -0.3 is 4.74 Å². The van der Waals surface area contributed by atoms with Crippen LogP contribution in [0.5, 0.6) is 5.75 Å². The maximum atomic E-state index is 12.0. The van der Waals surface area contributed by atoms with Gasteiger partial charge in [0.25, 0.3) is 5.91 Å². The molecule has 0 saturated heterocycles. The average Bonchev–Trinajstić information content (AvgIpc) is 2.62. The Hall–Kier alpha value is -2.92. The fourth-order valence-electron chi connectivity index (χ4n) is 2.17. The lowest BCUT2D eigenvalue weighted by Crippen LogP contribution is -2.17. The summed E-state index contributed by atoms with van der Waals surface area (Å²) in [6.45, 7) is 0. The van der Waals surface area contributed by atoms with E-state index in [-0.39, 0.29) is 5.91 Å². The summed E-state index contributed by atoms with van der Waals surface area (Å²) in [5, 5.41) is 5.23. The molecule has 0 aliphatic carbocycles. The molecule has 0 unspecified atom stereocenters. The van der Waals surface area contributed by atoms with Crippen LogP contribution in [0.15, 0.2) is 59.7 Å². The second-order valence-electron chi connectivity index (χ2n) is 4.99. The lowest BCUT2D eigenvalue weighted by atomic mass is 10.2. The van der Waals surface area contributed by atoms with E-state index >= 15 is 0 Å². The number of methoxy groups -OCH3 is 1. The largest absolute Gasteiger partial charge is 0.497 e. The number of ether oxygens (including phenoxy) is 1. The van der Waals surface area contributed by atoms with E-state index in [0.29, 0.717) is 22.0 Å². The summed E-state index contributed by atoms with van der Waals surface area (Å²) in [7, 11) is 1.57. The number of pyridine rings is 1. The molecule has 0 radical (unpaired) electrons. The number of carbonyl (C=O) groups excluding carboxylic acids is 1. The molecule has 6 heteroatoms. The summed E-state index contributed by atoms with van der Waals surface area (Å²) in [4.78, 5) is 16.3. The standard InChI is InChI=1S/C18H14ClN3O2/c1-24-15-8-6-12(7-9-15)18(23)22-20-11-14-10-13-4-2-3-5-16(13)21-17(14)19/h2-11H,1H3,(H,22,23). The molecule has 1 aromatic heterocycles. The van der Waals surface area contributed by atoms with E-state index in [1.807, 2.05) is 30.3 Å². The zero-order valence-corrected chi connectivity index (χ0v) is 13.6. The summed E-state index contributed by atoms with van der Waals surface area (Å²) >= 11 is 6.14. The number of hydrogen-bond donors (Lipinski definition) is 1. The molecule has 3 rings (SSSR count). The van der Waals surface area contributed by atoms with Gasteiger partial charge in [-0.05, 0) is 36.4 Å². The van der Waals surface area contributed by atoms with Crippen molar-refractivity contribution >= 4 is 34.6 Å². The number of rotatable bonds is 4. The fraction of sp³-hybridized carbons (Fsp3) is 0.0556. The number of amides is 1. The number of hydrogen-bond acceptors (Lipinski definition) is 4. The van der Waals surface area contributed by atoms with Crippen molar-refractivity contribution in [2.24, 2.45) is 5.10 Å². The number of halogens is 1. The minimum absolute atomic E-state index is 0.321. The summed E-state index contributed by atoms with van der Waals surface area (Å²) in [6.07, 6.45) is 1.48. The van der Waals surface area contributed by atoms with Crippen LogP contribution in [0.4, 0.5) is 0 Å². The van der Waals surface area contributed by atoms with E-state index in [1.165, 1.54) is 6.21 Å². The highest BCUT2D eigenvalue weighted by Crippen LogP contribution is 2.19. The molecule has 2 aromatic carbocycles. The second kappa shape index (κ2) is 7.10. The number of para-hydroxylation sites is 1. The Morgan fingerprint density at radius 1 is 1.21 bits per heavy atom. The van der Waals surface area contributed by atoms with E-state index in [2.05, 4.69) is 15.5 Å². The second-order valence-corrected chi connectivity index (χ2v) is 5.35. The third-order valence-electron chi connectivity index (χ3n) is 3.43. The molecule has 1 amide bonds. The number of fused-ring (bicyclic) bond motifs is 1. The van der Waals surface area contributed by atoms with Gasteiger partial charge >= 0.3 is 0 Å². The lowest BCUT2D eigenvalue weighted by Gasteiger charge is -2.03. The topological polar surface area (TPSA) is 63.6 Å². The molecule has 3 aromatic rings. The van der Waals surface area contributed by atoms with Gasteiger partial charge in [-0.2, -0.15) is 5.10 Å². The van der Waals surface area contributed by atoms with Crippen LogP contribution in [0, 0.1) is 0 Å². The Morgan fingerprint density at radius 2 is 1.96 bits per heavy atom. The number of nitrogens with zero attached hydrogens (tertiary/aromatic N) is 2. The van der Waals surface area contributed by atoms with E-state index in [9.17, 15) is 4.79 Å². The van der Waals surface area contributed by atoms with Crippen molar-refractivity contribution in [3.8, 4) is 5.75 Å². The molecule has 1 heterocycles. The Bertz CT molecular complexity index is 908. The highest BCUT2D eigenvalue weighted by Gasteiger charge is 2.05. The quantitative estimate of drug-likeness (QED) is 0.448. The molecule has 0 spiro atoms. The van der Waals surface area contributed by atoms with Crippen LogP contribution in [0.3, 0.4) is 0 Å². The van der Waals surface area contributed by atoms with Crippen LogP contribution < -0.4 is 10.2 Å². The molecule has 0 atom stereocenters. The Kier molecular flexibility index (Phi) is 4.72. The monoisotopic (exact) mass is 339 g/mol. The first-order chi connectivity index (χ1) is 11.7. The van der Waals surface area contributed by atoms with Gasteiger partial charge in [0, 0.05) is 16.5 Å². The van der Waals surface area contributed by atoms with Crippen LogP contribution in [-0.4, -0.2) is 24.2 Å². The van der Waals surface area contributed by atoms with Gasteiger partial charge in [-0.25, -0.2) is 10.4 Å². The zero-order chi connectivity index (χ0) is 16.9. The number of aromatic nitrogens is 1. The van der Waals surface area contributed by atoms with Crippen molar-refractivity contribution in [1.29, 1.82) is 0 Å². The maximum Gasteiger partial charge on any atom is 0.271 e. The van der Waals surface area contributed by atoms with Crippen molar-refractivity contribution in [1.82, 2.24) is 10.4 Å². The molecule has 120 valence electrons. The van der Waals surface area contributed by atoms with Gasteiger partial charge in [0.15, 0.2) is 0 Å². The normalized spacial score (nSPS) is 10.9. The third-order valence-corrected chi connectivity index (χ3v) is 3.73. The molecule has 24 heavy (non-hydrogen) atoms. The van der Waals surface area contributed by atoms with Crippen LogP contribution >= 0.6 is 11.6 Å². The number of nitrogens with one attached hydrogen (secondary N) is 1. The van der Waals surface area contributed by atoms with E-state index in [0.717, 1.165) is 10.9 Å². The zero-order valence-electron chi connectivity index (χ0n) is 12.9. The van der Waals surface area contributed by atoms with Crippen LogP contribution in [0.25, 0.3) is 10.9 Å². The summed E-state index contributed by atoms with van der Waals surface area (Å²) in [5.41, 5.74) is 4.38. The van der Waals surface area contributed by atoms with Crippen LogP contribution in [0.1, 0.15) is 15.9 Å². The summed E-state index contributed by atoms with van der Waals surface area (Å²) in [6, 6.07) is 16.3. The average molecular weight is 340 g/mol. The van der Waals surface area contributed by atoms with Crippen LogP contribution in [0.2, 0.25) is 5.15 Å². The SMILES string of the molecule is COc1ccc(C(=O)NN=Cc2cc3ccccc3nc2Cl)cc1. The molecule has 0 fully saturated rings. The van der Waals surface area contributed by atoms with E-state index < -0.39 is 0 Å². The lowest BCUT2D eigenvalue weighted by molar-refractivity contribution is 0.0955. The number of carbonyl (C=O) groups is 1. The highest BCUT2D eigenvalue weighted by molar-refractivity contribution is 6.32. The number of hydrazone groups is 1. The van der Waals surface area contributed by atoms with Crippen molar-refractivity contribution in [3.05, 3.63) is 70.9 Å². The molecular weight excluding hydrogens is 326 g/mol. The van der Waals surface area contributed by atoms with Crippen molar-refractivity contribution in [3.63, 3.8) is 0 Å². The summed E-state index contributed by atoms with van der Waals surface area (Å²) in [5.74, 6) is 0.364. The van der Waals surface area contributed by atoms with Crippen molar-refractivity contribution in [2.45, 2.75) is 0 Å². The molecule has 1 N–H and O–H groups in total. The van der Waals surface area contributed by atoms with E-state index in [4.69, 9.17) is 16.3 Å². The van der Waals surface area contributed by atoms with E-state index in [1.54, 1.807) is 31.4 Å². The van der Waals surface area contributed by atoms with Crippen LogP contribution in [-0.2, 0) is 0 Å². The Morgan fingerprint density at radius 3 is 2.71 bits per heavy atom. The third kappa shape index (κ3) is 3.52. The van der Waals surface area contributed by atoms with Crippen molar-refractivity contribution in [2.75, 3.05) is 7.11 Å². The predicted molar refractivity (Wildman–Crippen MR) is 94.8 cm³/mol. The molecule has 0 bridgehead atoms. The Labute approximate surface area is 143 Å². The predicted octanol–water partition coefficient (Wildman–Crippen LogP) is 3.66. The number of benzene rings is 2. The first-order valence-corrected chi connectivity index (χ1v) is 7.58. The smallest absolute Gasteiger partial charge is 0.271 e. The molecule has 0 saturated carbocycles. The van der Waals surface area contributed by atoms with Gasteiger partial charge in [-0.15, -0.1) is 0 Å². The van der Waals surface area contributed by atoms with Gasteiger partial charge in [0.2, 0.25) is 0 Å². The van der Waals surface area contributed by atoms with Crippen molar-refractivity contribution < 1.29 is 9.53 Å². The first-order valence-electron chi connectivity index (χ1n) is 7.20. The highest BCUT2D eigenvalue weighted by atomic mass is 35.5. The molecule has 5 nitrogen and oxygen atoms in total. The molecule has 0 aliphatic rings. The molecule has 0 aliphatic heterocycles. The van der Waals surface area contributed by atoms with Gasteiger partial charge in [0.1, 0.15) is 10.9 Å². The fourth-order valence-corrected chi connectivity index (χ4v) is 2.36. The first kappa shape index (κ1) is 16.0. The minimum Gasteiger partial charge on any atom is -0.497 e.